The third kappa shape index (κ3) is 6.67. The highest BCUT2D eigenvalue weighted by Gasteiger charge is 2.48. The van der Waals surface area contributed by atoms with Crippen LogP contribution in [0.2, 0.25) is 0 Å². The average Bonchev–Trinajstić information content (AvgIpc) is 3.59. The number of nitrogens with one attached hydrogen (secondary N) is 1. The molecule has 0 aromatic heterocycles. The number of hydrogen-bond donors (Lipinski definition) is 2. The lowest BCUT2D eigenvalue weighted by molar-refractivity contribution is -0.136. The molecule has 322 valence electrons. The van der Waals surface area contributed by atoms with Crippen LogP contribution in [0.15, 0.2) is 72.8 Å². The first kappa shape index (κ1) is 39.2. The highest BCUT2D eigenvalue weighted by Crippen LogP contribution is 2.55. The number of imide groups is 1. The van der Waals surface area contributed by atoms with Crippen molar-refractivity contribution in [2.75, 3.05) is 62.8 Å². The predicted octanol–water partition coefficient (Wildman–Crippen LogP) is 6.74. The van der Waals surface area contributed by atoms with Crippen molar-refractivity contribution in [3.8, 4) is 17.2 Å². The van der Waals surface area contributed by atoms with Crippen LogP contribution in [-0.2, 0) is 22.6 Å². The lowest BCUT2D eigenvalue weighted by Crippen LogP contribution is -2.59. The topological polar surface area (TPSA) is 115 Å². The first-order valence-electron chi connectivity index (χ1n) is 22.6. The monoisotopic (exact) mass is 839 g/mol. The molecule has 11 nitrogen and oxygen atoms in total. The number of hydrogen-bond acceptors (Lipinski definition) is 9. The third-order valence-corrected chi connectivity index (χ3v) is 15.5. The van der Waals surface area contributed by atoms with Crippen LogP contribution >= 0.6 is 0 Å². The van der Waals surface area contributed by atoms with Crippen LogP contribution in [0.3, 0.4) is 0 Å². The number of halogens is 1. The SMILES string of the molecule is COc1c([C@@H]2c3ccc(O)cc3CC[C@@H]2c2ccccc2)ccc(N2CCC3(CC2)CC(CN2CCN4c5cc6c(cc5OC[C@@H]4C2)C(=O)N([C@H]2CCC(=O)NC2=O)C6)C3)c1F. The van der Waals surface area contributed by atoms with E-state index in [9.17, 15) is 19.5 Å². The van der Waals surface area contributed by atoms with E-state index in [1.165, 1.54) is 18.4 Å². The molecule has 1 saturated carbocycles. The molecule has 5 aliphatic heterocycles. The molecule has 12 heteroatoms. The number of carbonyl (C=O) groups is 3. The summed E-state index contributed by atoms with van der Waals surface area (Å²) in [6.07, 6.45) is 6.84. The Kier molecular flexibility index (Phi) is 9.70. The molecule has 0 radical (unpaired) electrons. The van der Waals surface area contributed by atoms with Gasteiger partial charge in [-0.1, -0.05) is 42.5 Å². The van der Waals surface area contributed by atoms with Crippen molar-refractivity contribution in [3.63, 3.8) is 0 Å². The zero-order valence-electron chi connectivity index (χ0n) is 35.3. The third-order valence-electron chi connectivity index (χ3n) is 15.5. The lowest BCUT2D eigenvalue weighted by atomic mass is 9.57. The Morgan fingerprint density at radius 2 is 1.68 bits per heavy atom. The first-order valence-corrected chi connectivity index (χ1v) is 22.6. The number of aromatic hydroxyl groups is 1. The molecule has 11 rings (SSSR count). The fraction of sp³-hybridized carbons (Fsp3) is 0.460. The zero-order valence-corrected chi connectivity index (χ0v) is 35.3. The summed E-state index contributed by atoms with van der Waals surface area (Å²) in [4.78, 5) is 46.6. The number of piperazine rings is 1. The summed E-state index contributed by atoms with van der Waals surface area (Å²) in [7, 11) is 1.58. The number of phenolic OH excluding ortho intramolecular Hbond substituents is 1. The summed E-state index contributed by atoms with van der Waals surface area (Å²) >= 11 is 0. The summed E-state index contributed by atoms with van der Waals surface area (Å²) in [6.45, 7) is 6.40. The minimum atomic E-state index is -0.636. The lowest BCUT2D eigenvalue weighted by Gasteiger charge is -2.54. The van der Waals surface area contributed by atoms with Gasteiger partial charge in [0.15, 0.2) is 11.6 Å². The van der Waals surface area contributed by atoms with Gasteiger partial charge < -0.3 is 29.3 Å². The quantitative estimate of drug-likeness (QED) is 0.196. The van der Waals surface area contributed by atoms with E-state index in [-0.39, 0.29) is 47.7 Å². The van der Waals surface area contributed by atoms with Crippen LogP contribution in [0, 0.1) is 17.2 Å². The molecule has 4 aromatic rings. The number of rotatable bonds is 7. The van der Waals surface area contributed by atoms with E-state index in [1.807, 2.05) is 30.3 Å². The summed E-state index contributed by atoms with van der Waals surface area (Å²) in [5.41, 5.74) is 7.75. The Balaban J connectivity index is 0.715. The Hall–Kier alpha value is -5.62. The summed E-state index contributed by atoms with van der Waals surface area (Å²) < 4.78 is 29.0. The van der Waals surface area contributed by atoms with Crippen molar-refractivity contribution in [1.82, 2.24) is 15.1 Å². The average molecular weight is 840 g/mol. The normalized spacial score (nSPS) is 25.6. The first-order chi connectivity index (χ1) is 30.1. The van der Waals surface area contributed by atoms with Crippen molar-refractivity contribution in [1.29, 1.82) is 0 Å². The highest BCUT2D eigenvalue weighted by molar-refractivity contribution is 6.06. The minimum absolute atomic E-state index is 0.103. The number of anilines is 2. The molecule has 1 spiro atoms. The maximum atomic E-state index is 16.8. The van der Waals surface area contributed by atoms with Crippen molar-refractivity contribution in [3.05, 3.63) is 112 Å². The minimum Gasteiger partial charge on any atom is -0.508 e. The molecule has 2 N–H and O–H groups in total. The van der Waals surface area contributed by atoms with Gasteiger partial charge in [-0.15, -0.1) is 0 Å². The van der Waals surface area contributed by atoms with Crippen LogP contribution in [0.5, 0.6) is 17.2 Å². The Bertz CT molecular complexity index is 2450. The predicted molar refractivity (Wildman–Crippen MR) is 233 cm³/mol. The number of piperidine rings is 2. The second-order valence-electron chi connectivity index (χ2n) is 19.0. The number of amides is 3. The van der Waals surface area contributed by atoms with Gasteiger partial charge in [0.1, 0.15) is 24.1 Å². The molecule has 5 heterocycles. The van der Waals surface area contributed by atoms with Gasteiger partial charge in [0.25, 0.3) is 5.91 Å². The maximum absolute atomic E-state index is 16.8. The van der Waals surface area contributed by atoms with E-state index in [2.05, 4.69) is 56.4 Å². The molecule has 4 atom stereocenters. The summed E-state index contributed by atoms with van der Waals surface area (Å²) in [6, 6.07) is 23.7. The maximum Gasteiger partial charge on any atom is 0.255 e. The van der Waals surface area contributed by atoms with Crippen molar-refractivity contribution >= 4 is 29.1 Å². The molecule has 2 aliphatic carbocycles. The molecule has 4 aromatic carbocycles. The molecular weight excluding hydrogens is 786 g/mol. The number of benzene rings is 4. The van der Waals surface area contributed by atoms with Crippen molar-refractivity contribution < 1.29 is 33.4 Å². The van der Waals surface area contributed by atoms with Gasteiger partial charge in [-0.2, -0.15) is 0 Å². The molecule has 4 fully saturated rings. The van der Waals surface area contributed by atoms with Crippen molar-refractivity contribution in [2.45, 2.75) is 81.8 Å². The van der Waals surface area contributed by atoms with Gasteiger partial charge in [-0.25, -0.2) is 4.39 Å². The van der Waals surface area contributed by atoms with Gasteiger partial charge in [0.2, 0.25) is 11.8 Å². The summed E-state index contributed by atoms with van der Waals surface area (Å²) in [5.74, 6) is 0.842. The molecule has 3 amide bonds. The van der Waals surface area contributed by atoms with Crippen LogP contribution in [0.4, 0.5) is 15.8 Å². The van der Waals surface area contributed by atoms with Crippen LogP contribution in [-0.4, -0.2) is 97.7 Å². The fourth-order valence-corrected chi connectivity index (χ4v) is 12.5. The fourth-order valence-electron chi connectivity index (χ4n) is 12.5. The molecule has 62 heavy (non-hydrogen) atoms. The number of aryl methyl sites for hydroxylation is 1. The van der Waals surface area contributed by atoms with E-state index in [4.69, 9.17) is 9.47 Å². The number of nitrogens with zero attached hydrogens (tertiary/aromatic N) is 4. The molecule has 7 aliphatic rings. The number of methoxy groups -OCH3 is 1. The van der Waals surface area contributed by atoms with Gasteiger partial charge in [-0.3, -0.25) is 24.6 Å². The second-order valence-corrected chi connectivity index (χ2v) is 19.0. The van der Waals surface area contributed by atoms with E-state index >= 15 is 4.39 Å². The highest BCUT2D eigenvalue weighted by atomic mass is 19.1. The smallest absolute Gasteiger partial charge is 0.255 e. The molecule has 0 unspecified atom stereocenters. The van der Waals surface area contributed by atoms with Gasteiger partial charge in [0.05, 0.1) is 24.5 Å². The van der Waals surface area contributed by atoms with Crippen LogP contribution < -0.4 is 24.6 Å². The Labute approximate surface area is 361 Å². The van der Waals surface area contributed by atoms with Gasteiger partial charge >= 0.3 is 0 Å². The molecule has 3 saturated heterocycles. The second kappa shape index (κ2) is 15.3. The Morgan fingerprint density at radius 3 is 2.47 bits per heavy atom. The van der Waals surface area contributed by atoms with E-state index in [1.54, 1.807) is 18.1 Å². The number of phenols is 1. The zero-order chi connectivity index (χ0) is 42.3. The van der Waals surface area contributed by atoms with Crippen LogP contribution in [0.25, 0.3) is 0 Å². The number of carbonyl (C=O) groups excluding carboxylic acids is 3. The van der Waals surface area contributed by atoms with Crippen LogP contribution in [0.1, 0.15) is 95.0 Å². The summed E-state index contributed by atoms with van der Waals surface area (Å²) in [5, 5.41) is 12.7. The number of ether oxygens (including phenoxy) is 2. The van der Waals surface area contributed by atoms with E-state index in [0.29, 0.717) is 47.9 Å². The molecule has 0 bridgehead atoms. The molecular formula is C50H54FN5O6. The van der Waals surface area contributed by atoms with Gasteiger partial charge in [0, 0.05) is 69.3 Å². The number of fused-ring (bicyclic) bond motifs is 5. The van der Waals surface area contributed by atoms with E-state index < -0.39 is 11.9 Å². The van der Waals surface area contributed by atoms with E-state index in [0.717, 1.165) is 98.6 Å². The largest absolute Gasteiger partial charge is 0.508 e. The van der Waals surface area contributed by atoms with Crippen molar-refractivity contribution in [2.24, 2.45) is 11.3 Å². The Morgan fingerprint density at radius 1 is 0.871 bits per heavy atom. The standard InChI is InChI=1S/C50H54FN5O6/c1-61-47-38(45-36(31-5-3-2-4-6-31)9-7-32-21-35(57)8-10-37(32)45)11-12-40(46(47)51)54-17-15-50(16-18-54)24-30(25-50)26-53-19-20-55-34(28-53)29-62-43-23-39-33(22-42(43)55)27-56(49(39)60)41-13-14-44(58)52-48(41)59/h2-6,8,10-12,21-23,30,34,36,41,45,57H,7,9,13-20,24-29H2,1H3,(H,52,58,59)/t34-,36+,41-,45-/m0/s1. The van der Waals surface area contributed by atoms with Gasteiger partial charge in [-0.05, 0) is 115 Å².